The quantitative estimate of drug-likeness (QED) is 0.402. The van der Waals surface area contributed by atoms with Gasteiger partial charge in [0.2, 0.25) is 0 Å². The maximum Gasteiger partial charge on any atom is 0.192 e. The Labute approximate surface area is 166 Å². The van der Waals surface area contributed by atoms with E-state index in [-0.39, 0.29) is 0 Å². The Morgan fingerprint density at radius 2 is 2.00 bits per heavy atom. The lowest BCUT2D eigenvalue weighted by Crippen LogP contribution is -2.04. The maximum absolute atomic E-state index is 5.48. The number of benzene rings is 1. The van der Waals surface area contributed by atoms with Crippen LogP contribution in [-0.2, 0) is 18.7 Å². The summed E-state index contributed by atoms with van der Waals surface area (Å²) in [6.45, 7) is 4.80. The first-order valence-corrected chi connectivity index (χ1v) is 10.7. The van der Waals surface area contributed by atoms with Gasteiger partial charge in [0, 0.05) is 11.1 Å². The number of thiazole rings is 1. The molecule has 0 aliphatic carbocycles. The summed E-state index contributed by atoms with van der Waals surface area (Å²) in [5, 5.41) is 13.1. The van der Waals surface area contributed by atoms with Crippen LogP contribution in [0, 0.1) is 6.92 Å². The smallest absolute Gasteiger partial charge is 0.192 e. The van der Waals surface area contributed by atoms with Crippen molar-refractivity contribution in [3.63, 3.8) is 0 Å². The molecule has 5 nitrogen and oxygen atoms in total. The minimum absolute atomic E-state index is 0.716. The lowest BCUT2D eigenvalue weighted by Gasteiger charge is -2.10. The topological polar surface area (TPSA) is 56.7 Å². The molecule has 3 heterocycles. The van der Waals surface area contributed by atoms with Crippen LogP contribution in [0.4, 0.5) is 0 Å². The second-order valence-corrected chi connectivity index (χ2v) is 8.03. The summed E-state index contributed by atoms with van der Waals surface area (Å²) >= 11 is 3.39. The molecule has 138 valence electrons. The van der Waals surface area contributed by atoms with E-state index >= 15 is 0 Å². The molecule has 4 rings (SSSR count). The number of thioether (sulfide) groups is 1. The first-order chi connectivity index (χ1) is 13.2. The number of aryl methyl sites for hydroxylation is 2. The van der Waals surface area contributed by atoms with E-state index in [9.17, 15) is 0 Å². The van der Waals surface area contributed by atoms with Crippen molar-refractivity contribution in [1.29, 1.82) is 0 Å². The van der Waals surface area contributed by atoms with Gasteiger partial charge in [-0.05, 0) is 25.0 Å². The molecule has 0 atom stereocenters. The Morgan fingerprint density at radius 1 is 1.15 bits per heavy atom. The fourth-order valence-corrected chi connectivity index (χ4v) is 4.52. The minimum Gasteiger partial charge on any atom is -0.469 e. The molecule has 0 aliphatic heterocycles. The summed E-state index contributed by atoms with van der Waals surface area (Å²) < 4.78 is 7.64. The van der Waals surface area contributed by atoms with Crippen molar-refractivity contribution < 1.29 is 4.42 Å². The van der Waals surface area contributed by atoms with Crippen molar-refractivity contribution in [3.05, 3.63) is 70.1 Å². The highest BCUT2D eigenvalue weighted by Crippen LogP contribution is 2.29. The summed E-state index contributed by atoms with van der Waals surface area (Å²) in [6, 6.07) is 12.3. The number of aromatic nitrogens is 4. The van der Waals surface area contributed by atoms with E-state index < -0.39 is 0 Å². The third kappa shape index (κ3) is 3.99. The molecule has 0 saturated heterocycles. The van der Waals surface area contributed by atoms with Crippen LogP contribution in [0.5, 0.6) is 0 Å². The Hall–Kier alpha value is -2.38. The fourth-order valence-electron chi connectivity index (χ4n) is 2.84. The fraction of sp³-hybridized carbons (Fsp3) is 0.250. The molecule has 0 amide bonds. The minimum atomic E-state index is 0.716. The average Bonchev–Trinajstić information content (AvgIpc) is 3.41. The molecule has 0 aliphatic rings. The van der Waals surface area contributed by atoms with Crippen LogP contribution in [0.3, 0.4) is 0 Å². The van der Waals surface area contributed by atoms with Crippen LogP contribution in [0.2, 0.25) is 0 Å². The van der Waals surface area contributed by atoms with Crippen molar-refractivity contribution in [2.45, 2.75) is 37.7 Å². The van der Waals surface area contributed by atoms with Crippen LogP contribution in [0.25, 0.3) is 11.4 Å². The van der Waals surface area contributed by atoms with Gasteiger partial charge in [0.1, 0.15) is 5.76 Å². The highest BCUT2D eigenvalue weighted by molar-refractivity contribution is 7.98. The van der Waals surface area contributed by atoms with Gasteiger partial charge in [-0.25, -0.2) is 4.98 Å². The highest BCUT2D eigenvalue weighted by atomic mass is 32.2. The Morgan fingerprint density at radius 3 is 2.70 bits per heavy atom. The summed E-state index contributed by atoms with van der Waals surface area (Å²) in [5.41, 5.74) is 3.29. The Bertz CT molecular complexity index is 1020. The van der Waals surface area contributed by atoms with Crippen LogP contribution in [0.15, 0.2) is 57.6 Å². The first-order valence-electron chi connectivity index (χ1n) is 8.82. The standard InChI is InChI=1S/C20H20N4OS2/c1-3-18-21-16(12-26-18)13-27-20-23-22-19(17-9-10-25-14(17)2)24(20)11-15-7-5-4-6-8-15/h4-10,12H,3,11,13H2,1-2H3. The second-order valence-electron chi connectivity index (χ2n) is 6.14. The number of furan rings is 1. The van der Waals surface area contributed by atoms with E-state index in [1.54, 1.807) is 29.4 Å². The van der Waals surface area contributed by atoms with Crippen LogP contribution >= 0.6 is 23.1 Å². The maximum atomic E-state index is 5.48. The predicted molar refractivity (Wildman–Crippen MR) is 109 cm³/mol. The van der Waals surface area contributed by atoms with Crippen LogP contribution < -0.4 is 0 Å². The molecule has 3 aromatic heterocycles. The zero-order valence-corrected chi connectivity index (χ0v) is 16.9. The SMILES string of the molecule is CCc1nc(CSc2nnc(-c3ccoc3C)n2Cc2ccccc2)cs1. The van der Waals surface area contributed by atoms with Gasteiger partial charge in [-0.3, -0.25) is 4.57 Å². The van der Waals surface area contributed by atoms with Crippen molar-refractivity contribution in [1.82, 2.24) is 19.7 Å². The molecular formula is C20H20N4OS2. The molecular weight excluding hydrogens is 376 g/mol. The summed E-state index contributed by atoms with van der Waals surface area (Å²) in [6.07, 6.45) is 2.67. The van der Waals surface area contributed by atoms with Crippen molar-refractivity contribution in [2.75, 3.05) is 0 Å². The van der Waals surface area contributed by atoms with Gasteiger partial charge >= 0.3 is 0 Å². The number of hydrogen-bond donors (Lipinski definition) is 0. The molecule has 0 unspecified atom stereocenters. The molecule has 0 spiro atoms. The van der Waals surface area contributed by atoms with Gasteiger partial charge in [-0.15, -0.1) is 21.5 Å². The van der Waals surface area contributed by atoms with Gasteiger partial charge in [-0.2, -0.15) is 0 Å². The Kier molecular flexibility index (Phi) is 5.40. The number of nitrogens with zero attached hydrogens (tertiary/aromatic N) is 4. The van der Waals surface area contributed by atoms with Gasteiger partial charge in [0.05, 0.1) is 29.1 Å². The lowest BCUT2D eigenvalue weighted by atomic mass is 10.2. The number of hydrogen-bond acceptors (Lipinski definition) is 6. The molecule has 4 aromatic rings. The second kappa shape index (κ2) is 8.10. The summed E-state index contributed by atoms with van der Waals surface area (Å²) in [7, 11) is 0. The van der Waals surface area contributed by atoms with Gasteiger partial charge < -0.3 is 4.42 Å². The predicted octanol–water partition coefficient (Wildman–Crippen LogP) is 5.21. The van der Waals surface area contributed by atoms with Crippen LogP contribution in [-0.4, -0.2) is 19.7 Å². The van der Waals surface area contributed by atoms with Gasteiger partial charge in [0.25, 0.3) is 0 Å². The van der Waals surface area contributed by atoms with Gasteiger partial charge in [0.15, 0.2) is 11.0 Å². The summed E-state index contributed by atoms with van der Waals surface area (Å²) in [5.74, 6) is 2.47. The molecule has 0 fully saturated rings. The van der Waals surface area contributed by atoms with Crippen molar-refractivity contribution in [3.8, 4) is 11.4 Å². The zero-order chi connectivity index (χ0) is 18.6. The molecule has 0 radical (unpaired) electrons. The lowest BCUT2D eigenvalue weighted by molar-refractivity contribution is 0.534. The Balaban J connectivity index is 1.64. The van der Waals surface area contributed by atoms with E-state index in [0.717, 1.165) is 40.2 Å². The van der Waals surface area contributed by atoms with E-state index in [2.05, 4.69) is 56.3 Å². The molecule has 27 heavy (non-hydrogen) atoms. The molecule has 0 saturated carbocycles. The largest absolute Gasteiger partial charge is 0.469 e. The number of rotatable bonds is 7. The third-order valence-electron chi connectivity index (χ3n) is 4.25. The van der Waals surface area contributed by atoms with E-state index in [1.807, 2.05) is 19.1 Å². The van der Waals surface area contributed by atoms with E-state index in [0.29, 0.717) is 6.54 Å². The molecule has 7 heteroatoms. The molecule has 0 N–H and O–H groups in total. The van der Waals surface area contributed by atoms with Gasteiger partial charge in [-0.1, -0.05) is 49.0 Å². The normalized spacial score (nSPS) is 11.2. The van der Waals surface area contributed by atoms with Crippen molar-refractivity contribution >= 4 is 23.1 Å². The zero-order valence-electron chi connectivity index (χ0n) is 15.3. The van der Waals surface area contributed by atoms with Crippen molar-refractivity contribution in [2.24, 2.45) is 0 Å². The monoisotopic (exact) mass is 396 g/mol. The average molecular weight is 397 g/mol. The van der Waals surface area contributed by atoms with E-state index in [4.69, 9.17) is 4.42 Å². The summed E-state index contributed by atoms with van der Waals surface area (Å²) in [4.78, 5) is 4.65. The van der Waals surface area contributed by atoms with Crippen LogP contribution in [0.1, 0.15) is 28.9 Å². The molecule has 0 bridgehead atoms. The first kappa shape index (κ1) is 18.0. The highest BCUT2D eigenvalue weighted by Gasteiger charge is 2.18. The molecule has 1 aromatic carbocycles. The third-order valence-corrected chi connectivity index (χ3v) is 6.29. The van der Waals surface area contributed by atoms with E-state index in [1.165, 1.54) is 10.6 Å².